The van der Waals surface area contributed by atoms with Crippen molar-refractivity contribution in [3.8, 4) is 0 Å². The molecule has 1 saturated heterocycles. The molecule has 0 aromatic carbocycles. The van der Waals surface area contributed by atoms with Gasteiger partial charge in [-0.25, -0.2) is 9.59 Å². The van der Waals surface area contributed by atoms with E-state index < -0.39 is 17.8 Å². The minimum Gasteiger partial charge on any atom is -0.352 e. The number of rotatable bonds is 1. The summed E-state index contributed by atoms with van der Waals surface area (Å²) in [6.45, 7) is 0. The van der Waals surface area contributed by atoms with Gasteiger partial charge in [0, 0.05) is 0 Å². The summed E-state index contributed by atoms with van der Waals surface area (Å²) in [6.07, 6.45) is 0. The molecule has 8 nitrogen and oxygen atoms in total. The molecule has 1 unspecified atom stereocenters. The Kier molecular flexibility index (Phi) is 1.61. The van der Waals surface area contributed by atoms with Crippen molar-refractivity contribution >= 4 is 17.9 Å². The van der Waals surface area contributed by atoms with Crippen molar-refractivity contribution in [2.24, 2.45) is 11.5 Å². The number of amides is 4. The van der Waals surface area contributed by atoms with Gasteiger partial charge in [-0.3, -0.25) is 27.1 Å². The molecule has 1 rings (SSSR count). The van der Waals surface area contributed by atoms with E-state index in [4.69, 9.17) is 16.9 Å². The van der Waals surface area contributed by atoms with Crippen molar-refractivity contribution in [2.75, 3.05) is 0 Å². The Bertz CT molecular complexity index is 262. The fourth-order valence-corrected chi connectivity index (χ4v) is 0.773. The first-order chi connectivity index (χ1) is 5.44. The molecule has 8 heteroatoms. The SMILES string of the molecule is N=C1NC(=O)NC1(N)NC(N)=O. The zero-order valence-electron chi connectivity index (χ0n) is 5.97. The topological polar surface area (TPSA) is 146 Å². The predicted octanol–water partition coefficient (Wildman–Crippen LogP) is -2.44. The lowest BCUT2D eigenvalue weighted by Gasteiger charge is -2.21. The van der Waals surface area contributed by atoms with Crippen molar-refractivity contribution in [1.29, 1.82) is 5.41 Å². The highest BCUT2D eigenvalue weighted by atomic mass is 16.2. The largest absolute Gasteiger partial charge is 0.352 e. The first-order valence-corrected chi connectivity index (χ1v) is 2.99. The maximum Gasteiger partial charge on any atom is 0.323 e. The third kappa shape index (κ3) is 1.27. The average Bonchev–Trinajstić information content (AvgIpc) is 2.04. The van der Waals surface area contributed by atoms with Crippen molar-refractivity contribution in [1.82, 2.24) is 16.0 Å². The van der Waals surface area contributed by atoms with Crippen LogP contribution in [0, 0.1) is 5.41 Å². The lowest BCUT2D eigenvalue weighted by atomic mass is 10.3. The molecule has 0 saturated carbocycles. The van der Waals surface area contributed by atoms with Crippen LogP contribution in [0.15, 0.2) is 0 Å². The molecule has 1 fully saturated rings. The van der Waals surface area contributed by atoms with E-state index >= 15 is 0 Å². The van der Waals surface area contributed by atoms with Gasteiger partial charge in [0.15, 0.2) is 5.84 Å². The maximum absolute atomic E-state index is 10.6. The number of nitrogens with one attached hydrogen (secondary N) is 4. The van der Waals surface area contributed by atoms with Crippen LogP contribution in [0.4, 0.5) is 9.59 Å². The lowest BCUT2D eigenvalue weighted by Crippen LogP contribution is -2.68. The van der Waals surface area contributed by atoms with Crippen molar-refractivity contribution in [3.63, 3.8) is 0 Å². The smallest absolute Gasteiger partial charge is 0.323 e. The molecule has 0 radical (unpaired) electrons. The third-order valence-corrected chi connectivity index (χ3v) is 1.26. The highest BCUT2D eigenvalue weighted by Crippen LogP contribution is 1.97. The Morgan fingerprint density at radius 2 is 2.25 bits per heavy atom. The van der Waals surface area contributed by atoms with E-state index in [2.05, 4.69) is 10.6 Å². The molecule has 1 atom stereocenters. The second kappa shape index (κ2) is 2.34. The van der Waals surface area contributed by atoms with Crippen LogP contribution < -0.4 is 27.4 Å². The number of primary amides is 1. The second-order valence-corrected chi connectivity index (χ2v) is 2.25. The molecule has 1 aliphatic heterocycles. The summed E-state index contributed by atoms with van der Waals surface area (Å²) < 4.78 is 0. The Labute approximate surface area is 67.2 Å². The van der Waals surface area contributed by atoms with E-state index in [0.717, 1.165) is 0 Å². The normalized spacial score (nSPS) is 27.8. The first-order valence-electron chi connectivity index (χ1n) is 2.99. The van der Waals surface area contributed by atoms with E-state index in [9.17, 15) is 9.59 Å². The summed E-state index contributed by atoms with van der Waals surface area (Å²) >= 11 is 0. The van der Waals surface area contributed by atoms with E-state index in [-0.39, 0.29) is 5.84 Å². The van der Waals surface area contributed by atoms with Crippen LogP contribution in [-0.4, -0.2) is 23.7 Å². The predicted molar refractivity (Wildman–Crippen MR) is 39.0 cm³/mol. The summed E-state index contributed by atoms with van der Waals surface area (Å²) in [7, 11) is 0. The molecular formula is C4H8N6O2. The summed E-state index contributed by atoms with van der Waals surface area (Å²) in [5, 5.41) is 13.3. The Hall–Kier alpha value is -1.83. The fourth-order valence-electron chi connectivity index (χ4n) is 0.773. The molecular weight excluding hydrogens is 164 g/mol. The number of amidine groups is 1. The van der Waals surface area contributed by atoms with Gasteiger partial charge in [0.25, 0.3) is 0 Å². The van der Waals surface area contributed by atoms with Gasteiger partial charge < -0.3 is 5.73 Å². The van der Waals surface area contributed by atoms with Gasteiger partial charge in [-0.2, -0.15) is 0 Å². The van der Waals surface area contributed by atoms with E-state index in [1.54, 1.807) is 0 Å². The minimum atomic E-state index is -1.71. The Morgan fingerprint density at radius 1 is 1.67 bits per heavy atom. The summed E-state index contributed by atoms with van der Waals surface area (Å²) in [5.41, 5.74) is 10.1. The molecule has 1 heterocycles. The highest BCUT2D eigenvalue weighted by Gasteiger charge is 2.40. The maximum atomic E-state index is 10.6. The highest BCUT2D eigenvalue weighted by molar-refractivity contribution is 6.08. The fraction of sp³-hybridized carbons (Fsp3) is 0.250. The quantitative estimate of drug-likeness (QED) is 0.244. The van der Waals surface area contributed by atoms with Crippen LogP contribution in [0.2, 0.25) is 0 Å². The van der Waals surface area contributed by atoms with E-state index in [0.29, 0.717) is 0 Å². The van der Waals surface area contributed by atoms with E-state index in [1.807, 2.05) is 5.32 Å². The van der Waals surface area contributed by atoms with Crippen LogP contribution in [-0.2, 0) is 0 Å². The monoisotopic (exact) mass is 172 g/mol. The number of hydrogen-bond donors (Lipinski definition) is 6. The molecule has 12 heavy (non-hydrogen) atoms. The van der Waals surface area contributed by atoms with Crippen LogP contribution in [0.1, 0.15) is 0 Å². The van der Waals surface area contributed by atoms with Crippen molar-refractivity contribution in [3.05, 3.63) is 0 Å². The Balaban J connectivity index is 2.77. The van der Waals surface area contributed by atoms with Crippen LogP contribution in [0.3, 0.4) is 0 Å². The van der Waals surface area contributed by atoms with Gasteiger partial charge >= 0.3 is 12.1 Å². The van der Waals surface area contributed by atoms with Gasteiger partial charge in [-0.1, -0.05) is 0 Å². The van der Waals surface area contributed by atoms with Gasteiger partial charge in [-0.05, 0) is 0 Å². The number of carbonyl (C=O) groups is 2. The van der Waals surface area contributed by atoms with Gasteiger partial charge in [0.1, 0.15) is 0 Å². The summed E-state index contributed by atoms with van der Waals surface area (Å²) in [4.78, 5) is 21.0. The lowest BCUT2D eigenvalue weighted by molar-refractivity contribution is 0.233. The van der Waals surface area contributed by atoms with Gasteiger partial charge in [0.05, 0.1) is 0 Å². The minimum absolute atomic E-state index is 0.355. The van der Waals surface area contributed by atoms with Gasteiger partial charge in [0.2, 0.25) is 5.79 Å². The molecule has 0 spiro atoms. The molecule has 0 bridgehead atoms. The van der Waals surface area contributed by atoms with E-state index in [1.165, 1.54) is 0 Å². The van der Waals surface area contributed by atoms with Gasteiger partial charge in [-0.15, -0.1) is 0 Å². The summed E-state index contributed by atoms with van der Waals surface area (Å²) in [5.74, 6) is -2.06. The van der Waals surface area contributed by atoms with Crippen molar-refractivity contribution < 1.29 is 9.59 Å². The second-order valence-electron chi connectivity index (χ2n) is 2.25. The molecule has 0 aromatic heterocycles. The number of carbonyl (C=O) groups excluding carboxylic acids is 2. The molecule has 4 amide bonds. The first kappa shape index (κ1) is 8.27. The Morgan fingerprint density at radius 3 is 2.58 bits per heavy atom. The molecule has 0 aliphatic carbocycles. The van der Waals surface area contributed by atoms with Crippen molar-refractivity contribution in [2.45, 2.75) is 5.79 Å². The number of nitrogens with two attached hydrogens (primary N) is 2. The van der Waals surface area contributed by atoms with Crippen LogP contribution >= 0.6 is 0 Å². The average molecular weight is 172 g/mol. The van der Waals surface area contributed by atoms with Crippen LogP contribution in [0.5, 0.6) is 0 Å². The molecule has 1 aliphatic rings. The molecule has 0 aromatic rings. The molecule has 66 valence electrons. The zero-order chi connectivity index (χ0) is 9.35. The molecule has 8 N–H and O–H groups in total. The number of urea groups is 2. The van der Waals surface area contributed by atoms with Crippen LogP contribution in [0.25, 0.3) is 0 Å². The summed E-state index contributed by atoms with van der Waals surface area (Å²) in [6, 6.07) is -1.58. The third-order valence-electron chi connectivity index (χ3n) is 1.26. The number of hydrogen-bond acceptors (Lipinski definition) is 4. The zero-order valence-corrected chi connectivity index (χ0v) is 5.97. The standard InChI is InChI=1S/C4H8N6O2/c5-1-4(7,9-2(6)11)10-3(12)8-1/h7H2,(H3,6,9,11)(H3,5,8,10,12).